The minimum atomic E-state index is -0.481. The van der Waals surface area contributed by atoms with Gasteiger partial charge in [-0.25, -0.2) is 14.8 Å². The average Bonchev–Trinajstić information content (AvgIpc) is 3.26. The van der Waals surface area contributed by atoms with Gasteiger partial charge >= 0.3 is 5.97 Å². The van der Waals surface area contributed by atoms with Crippen LogP contribution in [-0.2, 0) is 10.2 Å². The predicted molar refractivity (Wildman–Crippen MR) is 89.2 cm³/mol. The molecule has 1 aromatic carbocycles. The van der Waals surface area contributed by atoms with Gasteiger partial charge in [-0.3, -0.25) is 0 Å². The molecule has 1 saturated carbocycles. The van der Waals surface area contributed by atoms with E-state index in [9.17, 15) is 4.79 Å². The number of hydrogen-bond acceptors (Lipinski definition) is 5. The second-order valence-electron chi connectivity index (χ2n) is 6.25. The second-order valence-corrected chi connectivity index (χ2v) is 6.25. The Morgan fingerprint density at radius 2 is 1.91 bits per heavy atom. The van der Waals surface area contributed by atoms with E-state index in [0.29, 0.717) is 23.5 Å². The molecule has 0 atom stereocenters. The largest absolute Gasteiger partial charge is 0.462 e. The molecule has 1 aliphatic carbocycles. The molecule has 1 fully saturated rings. The quantitative estimate of drug-likeness (QED) is 0.877. The molecule has 3 rings (SSSR count). The fraction of sp³-hybridized carbons (Fsp3) is 0.389. The van der Waals surface area contributed by atoms with Crippen LogP contribution in [-0.4, -0.2) is 22.5 Å². The fourth-order valence-electron chi connectivity index (χ4n) is 2.68. The summed E-state index contributed by atoms with van der Waals surface area (Å²) in [5.41, 5.74) is 9.30. The van der Waals surface area contributed by atoms with Gasteiger partial charge in [0, 0.05) is 5.56 Å². The number of aromatic nitrogens is 2. The number of aryl methyl sites for hydroxylation is 1. The van der Waals surface area contributed by atoms with Gasteiger partial charge in [0.25, 0.3) is 0 Å². The van der Waals surface area contributed by atoms with Gasteiger partial charge in [0.05, 0.1) is 12.3 Å². The van der Waals surface area contributed by atoms with Gasteiger partial charge in [-0.2, -0.15) is 0 Å². The summed E-state index contributed by atoms with van der Waals surface area (Å²) in [5, 5.41) is 0. The van der Waals surface area contributed by atoms with E-state index in [4.69, 9.17) is 10.5 Å². The summed E-state index contributed by atoms with van der Waals surface area (Å²) in [4.78, 5) is 20.6. The first-order chi connectivity index (χ1) is 10.9. The maximum atomic E-state index is 11.9. The molecule has 0 amide bonds. The number of hydrogen-bond donors (Lipinski definition) is 1. The molecule has 1 aliphatic rings. The van der Waals surface area contributed by atoms with Crippen molar-refractivity contribution in [3.8, 4) is 11.4 Å². The number of carbonyl (C=O) groups is 1. The van der Waals surface area contributed by atoms with Crippen molar-refractivity contribution < 1.29 is 9.53 Å². The SMILES string of the molecule is CCOC(=O)c1c(C)nc(-c2ccc(C3(C)CC3)cc2)nc1N. The average molecular weight is 311 g/mol. The van der Waals surface area contributed by atoms with Crippen LogP contribution in [0.15, 0.2) is 24.3 Å². The Morgan fingerprint density at radius 1 is 1.26 bits per heavy atom. The Morgan fingerprint density at radius 3 is 2.43 bits per heavy atom. The highest BCUT2D eigenvalue weighted by atomic mass is 16.5. The van der Waals surface area contributed by atoms with Crippen molar-refractivity contribution in [2.45, 2.75) is 39.0 Å². The Labute approximate surface area is 135 Å². The van der Waals surface area contributed by atoms with Crippen molar-refractivity contribution in [1.29, 1.82) is 0 Å². The lowest BCUT2D eigenvalue weighted by Crippen LogP contribution is -2.13. The van der Waals surface area contributed by atoms with Crippen LogP contribution in [0, 0.1) is 6.92 Å². The lowest BCUT2D eigenvalue weighted by molar-refractivity contribution is 0.0526. The van der Waals surface area contributed by atoms with E-state index in [-0.39, 0.29) is 11.4 Å². The number of esters is 1. The summed E-state index contributed by atoms with van der Waals surface area (Å²) in [6.07, 6.45) is 2.48. The molecule has 0 radical (unpaired) electrons. The van der Waals surface area contributed by atoms with Gasteiger partial charge in [-0.05, 0) is 37.7 Å². The summed E-state index contributed by atoms with van der Waals surface area (Å²) in [5.74, 6) is 0.204. The number of carbonyl (C=O) groups excluding carboxylic acids is 1. The van der Waals surface area contributed by atoms with Crippen molar-refractivity contribution >= 4 is 11.8 Å². The molecular weight excluding hydrogens is 290 g/mol. The molecule has 1 heterocycles. The first-order valence-corrected chi connectivity index (χ1v) is 7.87. The van der Waals surface area contributed by atoms with Crippen LogP contribution < -0.4 is 5.73 Å². The van der Waals surface area contributed by atoms with E-state index in [1.807, 2.05) is 12.1 Å². The number of rotatable bonds is 4. The Hall–Kier alpha value is -2.43. The third-order valence-electron chi connectivity index (χ3n) is 4.44. The molecule has 23 heavy (non-hydrogen) atoms. The molecule has 0 saturated heterocycles. The van der Waals surface area contributed by atoms with Crippen molar-refractivity contribution in [3.05, 3.63) is 41.1 Å². The summed E-state index contributed by atoms with van der Waals surface area (Å²) in [7, 11) is 0. The smallest absolute Gasteiger partial charge is 0.343 e. The van der Waals surface area contributed by atoms with Crippen molar-refractivity contribution in [3.63, 3.8) is 0 Å². The minimum absolute atomic E-state index is 0.157. The molecule has 1 aromatic heterocycles. The van der Waals surface area contributed by atoms with E-state index in [1.54, 1.807) is 13.8 Å². The van der Waals surface area contributed by atoms with Gasteiger partial charge in [0.15, 0.2) is 5.82 Å². The van der Waals surface area contributed by atoms with Gasteiger partial charge in [0.1, 0.15) is 11.4 Å². The second kappa shape index (κ2) is 5.65. The normalized spacial score (nSPS) is 15.3. The summed E-state index contributed by atoms with van der Waals surface area (Å²) in [6, 6.07) is 8.27. The predicted octanol–water partition coefficient (Wildman–Crippen LogP) is 3.26. The van der Waals surface area contributed by atoms with Crippen LogP contribution in [0.3, 0.4) is 0 Å². The lowest BCUT2D eigenvalue weighted by atomic mass is 9.97. The molecule has 0 bridgehead atoms. The zero-order chi connectivity index (χ0) is 16.6. The van der Waals surface area contributed by atoms with E-state index in [0.717, 1.165) is 5.56 Å². The van der Waals surface area contributed by atoms with Crippen LogP contribution in [0.1, 0.15) is 48.3 Å². The van der Waals surface area contributed by atoms with E-state index >= 15 is 0 Å². The van der Waals surface area contributed by atoms with Crippen molar-refractivity contribution in [2.24, 2.45) is 0 Å². The third-order valence-corrected chi connectivity index (χ3v) is 4.44. The number of nitrogens with zero attached hydrogens (tertiary/aromatic N) is 2. The monoisotopic (exact) mass is 311 g/mol. The van der Waals surface area contributed by atoms with Crippen molar-refractivity contribution in [1.82, 2.24) is 9.97 Å². The Balaban J connectivity index is 1.93. The lowest BCUT2D eigenvalue weighted by Gasteiger charge is -2.11. The number of benzene rings is 1. The van der Waals surface area contributed by atoms with Crippen LogP contribution >= 0.6 is 0 Å². The zero-order valence-electron chi connectivity index (χ0n) is 13.7. The van der Waals surface area contributed by atoms with Gasteiger partial charge in [-0.1, -0.05) is 31.2 Å². The first kappa shape index (κ1) is 15.5. The fourth-order valence-corrected chi connectivity index (χ4v) is 2.68. The molecular formula is C18H21N3O2. The van der Waals surface area contributed by atoms with E-state index < -0.39 is 5.97 Å². The first-order valence-electron chi connectivity index (χ1n) is 7.87. The van der Waals surface area contributed by atoms with Crippen LogP contribution in [0.2, 0.25) is 0 Å². The maximum Gasteiger partial charge on any atom is 0.343 e. The highest BCUT2D eigenvalue weighted by Gasteiger charge is 2.38. The van der Waals surface area contributed by atoms with Crippen molar-refractivity contribution in [2.75, 3.05) is 12.3 Å². The summed E-state index contributed by atoms with van der Waals surface area (Å²) < 4.78 is 5.00. The Kier molecular flexibility index (Phi) is 3.80. The number of nitrogen functional groups attached to an aromatic ring is 1. The van der Waals surface area contributed by atoms with E-state index in [2.05, 4.69) is 29.0 Å². The van der Waals surface area contributed by atoms with E-state index in [1.165, 1.54) is 18.4 Å². The molecule has 0 aliphatic heterocycles. The van der Waals surface area contributed by atoms with Gasteiger partial charge in [0.2, 0.25) is 0 Å². The zero-order valence-corrected chi connectivity index (χ0v) is 13.7. The van der Waals surface area contributed by atoms with Gasteiger partial charge < -0.3 is 10.5 Å². The topological polar surface area (TPSA) is 78.1 Å². The summed E-state index contributed by atoms with van der Waals surface area (Å²) in [6.45, 7) is 6.06. The highest BCUT2D eigenvalue weighted by Crippen LogP contribution is 2.47. The Bertz CT molecular complexity index is 726. The molecule has 5 nitrogen and oxygen atoms in total. The van der Waals surface area contributed by atoms with Crippen LogP contribution in [0.4, 0.5) is 5.82 Å². The standard InChI is InChI=1S/C18H21N3O2/c1-4-23-17(22)14-11(2)20-16(21-15(14)19)12-5-7-13(8-6-12)18(3)9-10-18/h5-8H,4,9-10H2,1-3H3,(H2,19,20,21). The minimum Gasteiger partial charge on any atom is -0.462 e. The molecule has 5 heteroatoms. The molecule has 120 valence electrons. The van der Waals surface area contributed by atoms with Crippen LogP contribution in [0.25, 0.3) is 11.4 Å². The maximum absolute atomic E-state index is 11.9. The number of ether oxygens (including phenoxy) is 1. The number of nitrogens with two attached hydrogens (primary N) is 1. The molecule has 0 unspecified atom stereocenters. The highest BCUT2D eigenvalue weighted by molar-refractivity contribution is 5.95. The number of anilines is 1. The van der Waals surface area contributed by atoms with Gasteiger partial charge in [-0.15, -0.1) is 0 Å². The molecule has 2 N–H and O–H groups in total. The molecule has 2 aromatic rings. The third kappa shape index (κ3) is 2.91. The van der Waals surface area contributed by atoms with Crippen LogP contribution in [0.5, 0.6) is 0 Å². The molecule has 0 spiro atoms. The summed E-state index contributed by atoms with van der Waals surface area (Å²) >= 11 is 0.